The van der Waals surface area contributed by atoms with Crippen LogP contribution in [0.4, 0.5) is 9.59 Å². The Balaban J connectivity index is 3.71. The van der Waals surface area contributed by atoms with E-state index >= 15 is 0 Å². The van der Waals surface area contributed by atoms with Gasteiger partial charge >= 0.3 is 12.2 Å². The fourth-order valence-corrected chi connectivity index (χ4v) is 3.87. The van der Waals surface area contributed by atoms with Crippen molar-refractivity contribution in [1.82, 2.24) is 10.6 Å². The fourth-order valence-electron chi connectivity index (χ4n) is 2.14. The maximum Gasteiger partial charge on any atom is 0.413 e. The molecule has 0 fully saturated rings. The maximum absolute atomic E-state index is 12.0. The van der Waals surface area contributed by atoms with Crippen molar-refractivity contribution in [1.29, 1.82) is 0 Å². The van der Waals surface area contributed by atoms with Crippen LogP contribution in [0.15, 0.2) is 0 Å². The van der Waals surface area contributed by atoms with Crippen molar-refractivity contribution in [2.75, 3.05) is 24.7 Å². The quantitative estimate of drug-likeness (QED) is 0.356. The van der Waals surface area contributed by atoms with Gasteiger partial charge in [0.05, 0.1) is 0 Å². The second-order valence-corrected chi connectivity index (χ2v) is 9.67. The Labute approximate surface area is 170 Å². The maximum atomic E-state index is 12.0. The lowest BCUT2D eigenvalue weighted by molar-refractivity contribution is -0.124. The Kier molecular flexibility index (Phi) is 14.3. The van der Waals surface area contributed by atoms with Crippen LogP contribution >= 0.6 is 21.6 Å². The highest BCUT2D eigenvalue weighted by Gasteiger charge is 2.19. The Morgan fingerprint density at radius 2 is 1.56 bits per heavy atom. The summed E-state index contributed by atoms with van der Waals surface area (Å²) in [6.07, 6.45) is 2.25. The number of hydrogen-bond donors (Lipinski definition) is 2. The molecule has 0 atom stereocenters. The number of carbonyl (C=O) groups excluding carboxylic acids is 3. The van der Waals surface area contributed by atoms with Crippen LogP contribution in [0.25, 0.3) is 0 Å². The molecular formula is C18H34N2O5S2. The third-order valence-electron chi connectivity index (χ3n) is 3.21. The van der Waals surface area contributed by atoms with Gasteiger partial charge in [0.15, 0.2) is 0 Å². The number of amides is 3. The molecule has 0 heterocycles. The number of ether oxygens (including phenoxy) is 2. The summed E-state index contributed by atoms with van der Waals surface area (Å²) in [5.41, 5.74) is -0.502. The predicted molar refractivity (Wildman–Crippen MR) is 112 cm³/mol. The minimum absolute atomic E-state index is 0.130. The molecule has 158 valence electrons. The van der Waals surface area contributed by atoms with Crippen LogP contribution in [0.2, 0.25) is 0 Å². The van der Waals surface area contributed by atoms with E-state index in [0.29, 0.717) is 18.1 Å². The van der Waals surface area contributed by atoms with Gasteiger partial charge < -0.3 is 14.8 Å². The van der Waals surface area contributed by atoms with Crippen molar-refractivity contribution in [2.45, 2.75) is 65.9 Å². The van der Waals surface area contributed by atoms with Crippen LogP contribution in [0.1, 0.15) is 60.3 Å². The van der Waals surface area contributed by atoms with Crippen molar-refractivity contribution < 1.29 is 23.9 Å². The van der Waals surface area contributed by atoms with E-state index in [2.05, 4.69) is 10.6 Å². The zero-order valence-corrected chi connectivity index (χ0v) is 18.7. The van der Waals surface area contributed by atoms with E-state index < -0.39 is 17.8 Å². The molecule has 0 aliphatic carbocycles. The zero-order chi connectivity index (χ0) is 20.7. The van der Waals surface area contributed by atoms with Crippen LogP contribution in [0, 0.1) is 5.92 Å². The zero-order valence-electron chi connectivity index (χ0n) is 17.1. The largest absolute Gasteiger partial charge is 0.448 e. The van der Waals surface area contributed by atoms with Gasteiger partial charge in [-0.05, 0) is 33.6 Å². The summed E-state index contributed by atoms with van der Waals surface area (Å²) in [4.78, 5) is 35.1. The molecule has 7 nitrogen and oxygen atoms in total. The number of alkyl carbamates (subject to hydrolysis) is 2. The fraction of sp³-hybridized carbons (Fsp3) is 0.833. The Morgan fingerprint density at radius 3 is 2.11 bits per heavy atom. The molecule has 3 amide bonds. The van der Waals surface area contributed by atoms with Crippen LogP contribution in [-0.4, -0.2) is 48.4 Å². The molecule has 0 aromatic rings. The molecule has 0 aliphatic rings. The third-order valence-corrected chi connectivity index (χ3v) is 5.58. The molecule has 0 spiro atoms. The average molecular weight is 423 g/mol. The monoisotopic (exact) mass is 422 g/mol. The Hall–Kier alpha value is -1.09. The van der Waals surface area contributed by atoms with Gasteiger partial charge in [0.2, 0.25) is 5.91 Å². The summed E-state index contributed by atoms with van der Waals surface area (Å²) in [7, 11) is 3.10. The first-order chi connectivity index (χ1) is 12.7. The lowest BCUT2D eigenvalue weighted by atomic mass is 9.97. The molecule has 0 rings (SSSR count). The molecule has 0 unspecified atom stereocenters. The highest BCUT2D eigenvalue weighted by molar-refractivity contribution is 8.76. The second-order valence-electron chi connectivity index (χ2n) is 6.97. The normalized spacial score (nSPS) is 11.2. The van der Waals surface area contributed by atoms with E-state index in [-0.39, 0.29) is 18.4 Å². The third kappa shape index (κ3) is 15.6. The lowest BCUT2D eigenvalue weighted by Gasteiger charge is -2.19. The number of carbonyl (C=O) groups is 3. The first-order valence-electron chi connectivity index (χ1n) is 9.38. The van der Waals surface area contributed by atoms with E-state index in [1.165, 1.54) is 10.8 Å². The molecule has 0 bridgehead atoms. The number of imide groups is 1. The minimum atomic E-state index is -0.686. The van der Waals surface area contributed by atoms with Gasteiger partial charge in [0, 0.05) is 24.0 Å². The van der Waals surface area contributed by atoms with Crippen molar-refractivity contribution in [3.63, 3.8) is 0 Å². The van der Waals surface area contributed by atoms with E-state index in [0.717, 1.165) is 25.7 Å². The van der Waals surface area contributed by atoms with Gasteiger partial charge in [-0.25, -0.2) is 9.59 Å². The van der Waals surface area contributed by atoms with Crippen molar-refractivity contribution in [3.8, 4) is 0 Å². The number of rotatable bonds is 12. The molecule has 0 saturated carbocycles. The average Bonchev–Trinajstić information content (AvgIpc) is 2.55. The summed E-state index contributed by atoms with van der Waals surface area (Å²) >= 11 is 0. The van der Waals surface area contributed by atoms with E-state index in [9.17, 15) is 14.4 Å². The van der Waals surface area contributed by atoms with Gasteiger partial charge in [-0.3, -0.25) is 10.1 Å². The lowest BCUT2D eigenvalue weighted by Crippen LogP contribution is -2.36. The Bertz CT molecular complexity index is 450. The summed E-state index contributed by atoms with van der Waals surface area (Å²) in [6, 6.07) is 0. The van der Waals surface area contributed by atoms with Crippen molar-refractivity contribution in [2.24, 2.45) is 5.92 Å². The molecule has 27 heavy (non-hydrogen) atoms. The van der Waals surface area contributed by atoms with Gasteiger partial charge in [0.25, 0.3) is 0 Å². The van der Waals surface area contributed by atoms with Gasteiger partial charge in [-0.15, -0.1) is 0 Å². The predicted octanol–water partition coefficient (Wildman–Crippen LogP) is 4.36. The molecule has 2 N–H and O–H groups in total. The molecular weight excluding hydrogens is 388 g/mol. The molecule has 0 aliphatic heterocycles. The van der Waals surface area contributed by atoms with E-state index in [1.807, 2.05) is 34.6 Å². The van der Waals surface area contributed by atoms with E-state index in [1.54, 1.807) is 10.8 Å². The van der Waals surface area contributed by atoms with Gasteiger partial charge in [-0.1, -0.05) is 48.3 Å². The van der Waals surface area contributed by atoms with E-state index in [4.69, 9.17) is 9.47 Å². The first kappa shape index (κ1) is 25.9. The molecule has 0 radical (unpaired) electrons. The SMILES string of the molecule is CCCC(CCC)C(=O)NC(=O)OCCSSCCNC(=O)OC(C)(C)C. The molecule has 9 heteroatoms. The van der Waals surface area contributed by atoms with Crippen LogP contribution in [-0.2, 0) is 14.3 Å². The summed E-state index contributed by atoms with van der Waals surface area (Å²) < 4.78 is 10.2. The summed E-state index contributed by atoms with van der Waals surface area (Å²) in [5, 5.41) is 4.99. The van der Waals surface area contributed by atoms with Crippen LogP contribution in [0.3, 0.4) is 0 Å². The topological polar surface area (TPSA) is 93.7 Å². The summed E-state index contributed by atoms with van der Waals surface area (Å²) in [5.74, 6) is 0.935. The minimum Gasteiger partial charge on any atom is -0.448 e. The standard InChI is InChI=1S/C18H34N2O5S2/c1-6-8-14(9-7-2)15(21)20-17(23)24-11-13-27-26-12-10-19-16(22)25-18(3,4)5/h14H,6-13H2,1-5H3,(H,19,22)(H,20,21,23). The molecule has 0 aromatic carbocycles. The second kappa shape index (κ2) is 14.9. The number of hydrogen-bond acceptors (Lipinski definition) is 7. The van der Waals surface area contributed by atoms with Crippen LogP contribution < -0.4 is 10.6 Å². The van der Waals surface area contributed by atoms with Crippen molar-refractivity contribution in [3.05, 3.63) is 0 Å². The smallest absolute Gasteiger partial charge is 0.413 e. The summed E-state index contributed by atoms with van der Waals surface area (Å²) in [6.45, 7) is 10.2. The van der Waals surface area contributed by atoms with Gasteiger partial charge in [0.1, 0.15) is 12.2 Å². The number of nitrogens with one attached hydrogen (secondary N) is 2. The molecule has 0 aromatic heterocycles. The first-order valence-corrected chi connectivity index (χ1v) is 11.9. The van der Waals surface area contributed by atoms with Gasteiger partial charge in [-0.2, -0.15) is 0 Å². The molecule has 0 saturated heterocycles. The van der Waals surface area contributed by atoms with Crippen LogP contribution in [0.5, 0.6) is 0 Å². The Morgan fingerprint density at radius 1 is 0.963 bits per heavy atom. The highest BCUT2D eigenvalue weighted by atomic mass is 33.1. The highest BCUT2D eigenvalue weighted by Crippen LogP contribution is 2.20. The van der Waals surface area contributed by atoms with Crippen molar-refractivity contribution >= 4 is 39.7 Å².